The number of nitrogens with one attached hydrogen (secondary N) is 1. The Bertz CT molecular complexity index is 1360. The van der Waals surface area contributed by atoms with E-state index in [4.69, 9.17) is 9.84 Å². The summed E-state index contributed by atoms with van der Waals surface area (Å²) in [6.07, 6.45) is 9.28. The molecule has 3 aromatic heterocycles. The zero-order valence-electron chi connectivity index (χ0n) is 19.0. The number of pyridine rings is 1. The van der Waals surface area contributed by atoms with Crippen molar-refractivity contribution >= 4 is 11.5 Å². The van der Waals surface area contributed by atoms with E-state index < -0.39 is 5.60 Å². The van der Waals surface area contributed by atoms with Gasteiger partial charge in [0.1, 0.15) is 17.3 Å². The van der Waals surface area contributed by atoms with Crippen molar-refractivity contribution in [3.05, 3.63) is 66.7 Å². The summed E-state index contributed by atoms with van der Waals surface area (Å²) in [6, 6.07) is 13.5. The smallest absolute Gasteiger partial charge is 0.173 e. The Morgan fingerprint density at radius 3 is 2.85 bits per heavy atom. The van der Waals surface area contributed by atoms with E-state index in [0.29, 0.717) is 41.2 Å². The van der Waals surface area contributed by atoms with Crippen molar-refractivity contribution in [1.29, 1.82) is 5.26 Å². The molecule has 0 saturated heterocycles. The van der Waals surface area contributed by atoms with Crippen molar-refractivity contribution in [2.75, 3.05) is 5.32 Å². The summed E-state index contributed by atoms with van der Waals surface area (Å²) >= 11 is 0. The Balaban J connectivity index is 1.38. The van der Waals surface area contributed by atoms with Gasteiger partial charge in [-0.3, -0.25) is 9.36 Å². The van der Waals surface area contributed by atoms with E-state index in [1.54, 1.807) is 49.1 Å². The van der Waals surface area contributed by atoms with Crippen molar-refractivity contribution < 1.29 is 9.84 Å². The molecular formula is C25H25N7O2. The van der Waals surface area contributed by atoms with Gasteiger partial charge in [-0.1, -0.05) is 12.1 Å². The normalized spacial score (nSPS) is 13.5. The molecule has 1 aliphatic carbocycles. The first-order valence-electron chi connectivity index (χ1n) is 11.1. The number of aromatic nitrogens is 5. The molecule has 0 unspecified atom stereocenters. The van der Waals surface area contributed by atoms with Crippen LogP contribution in [0.25, 0.3) is 11.3 Å². The van der Waals surface area contributed by atoms with Crippen molar-refractivity contribution in [1.82, 2.24) is 24.5 Å². The van der Waals surface area contributed by atoms with Crippen LogP contribution >= 0.6 is 0 Å². The van der Waals surface area contributed by atoms with Gasteiger partial charge in [-0.05, 0) is 44.9 Å². The number of benzene rings is 1. The third kappa shape index (κ3) is 5.08. The van der Waals surface area contributed by atoms with Crippen LogP contribution in [0.5, 0.6) is 11.5 Å². The van der Waals surface area contributed by atoms with Crippen LogP contribution in [0, 0.1) is 11.3 Å². The second kappa shape index (κ2) is 8.65. The Morgan fingerprint density at radius 2 is 2.09 bits per heavy atom. The molecule has 3 heterocycles. The number of hydrogen-bond donors (Lipinski definition) is 2. The summed E-state index contributed by atoms with van der Waals surface area (Å²) in [5, 5.41) is 31.5. The molecule has 2 N–H and O–H groups in total. The van der Waals surface area contributed by atoms with Crippen LogP contribution in [0.1, 0.15) is 38.3 Å². The number of nitriles is 1. The van der Waals surface area contributed by atoms with Gasteiger partial charge < -0.3 is 15.2 Å². The lowest BCUT2D eigenvalue weighted by molar-refractivity contribution is 0.0578. The predicted octanol–water partition coefficient (Wildman–Crippen LogP) is 4.65. The summed E-state index contributed by atoms with van der Waals surface area (Å²) in [7, 11) is 0. The van der Waals surface area contributed by atoms with Gasteiger partial charge in [0.15, 0.2) is 5.75 Å². The van der Waals surface area contributed by atoms with E-state index >= 15 is 0 Å². The molecule has 34 heavy (non-hydrogen) atoms. The molecule has 0 bridgehead atoms. The molecule has 9 heteroatoms. The fourth-order valence-corrected chi connectivity index (χ4v) is 3.64. The Kier molecular flexibility index (Phi) is 5.51. The summed E-state index contributed by atoms with van der Waals surface area (Å²) in [4.78, 5) is 4.37. The quantitative estimate of drug-likeness (QED) is 0.397. The third-order valence-corrected chi connectivity index (χ3v) is 5.30. The van der Waals surface area contributed by atoms with Crippen LogP contribution in [-0.2, 0) is 6.54 Å². The molecule has 1 aromatic carbocycles. The van der Waals surface area contributed by atoms with Crippen LogP contribution in [-0.4, -0.2) is 35.3 Å². The number of anilines is 2. The zero-order valence-corrected chi connectivity index (χ0v) is 19.0. The SMILES string of the molecule is CC(C)(O)Cn1cc(Nc2cc(Oc3cn(C4CC4)nc3-c3cccc(C#N)c3)ccn2)cn1. The van der Waals surface area contributed by atoms with Crippen molar-refractivity contribution in [2.24, 2.45) is 0 Å². The lowest BCUT2D eigenvalue weighted by Gasteiger charge is -2.16. The lowest BCUT2D eigenvalue weighted by Crippen LogP contribution is -2.26. The van der Waals surface area contributed by atoms with Crippen LogP contribution in [0.2, 0.25) is 0 Å². The highest BCUT2D eigenvalue weighted by molar-refractivity contribution is 5.68. The Hall–Kier alpha value is -4.16. The second-order valence-electron chi connectivity index (χ2n) is 9.09. The van der Waals surface area contributed by atoms with E-state index in [-0.39, 0.29) is 0 Å². The highest BCUT2D eigenvalue weighted by Gasteiger charge is 2.27. The molecule has 0 aliphatic heterocycles. The van der Waals surface area contributed by atoms with Gasteiger partial charge >= 0.3 is 0 Å². The average molecular weight is 456 g/mol. The topological polar surface area (TPSA) is 114 Å². The Morgan fingerprint density at radius 1 is 1.24 bits per heavy atom. The summed E-state index contributed by atoms with van der Waals surface area (Å²) in [5.41, 5.74) is 2.00. The first-order valence-corrected chi connectivity index (χ1v) is 11.1. The predicted molar refractivity (Wildman–Crippen MR) is 127 cm³/mol. The fourth-order valence-electron chi connectivity index (χ4n) is 3.64. The highest BCUT2D eigenvalue weighted by atomic mass is 16.5. The van der Waals surface area contributed by atoms with Gasteiger partial charge in [0.2, 0.25) is 0 Å². The van der Waals surface area contributed by atoms with Crippen LogP contribution in [0.15, 0.2) is 61.2 Å². The number of aliphatic hydroxyl groups is 1. The van der Waals surface area contributed by atoms with Gasteiger partial charge in [0, 0.05) is 24.0 Å². The molecule has 0 amide bonds. The molecule has 1 saturated carbocycles. The van der Waals surface area contributed by atoms with Crippen LogP contribution in [0.4, 0.5) is 11.5 Å². The van der Waals surface area contributed by atoms with E-state index in [9.17, 15) is 10.4 Å². The zero-order chi connectivity index (χ0) is 23.7. The van der Waals surface area contributed by atoms with Crippen molar-refractivity contribution in [3.63, 3.8) is 0 Å². The maximum atomic E-state index is 9.99. The summed E-state index contributed by atoms with van der Waals surface area (Å²) < 4.78 is 9.87. The third-order valence-electron chi connectivity index (χ3n) is 5.30. The monoisotopic (exact) mass is 455 g/mol. The molecule has 5 rings (SSSR count). The van der Waals surface area contributed by atoms with E-state index in [2.05, 4.69) is 21.5 Å². The molecule has 0 spiro atoms. The molecule has 0 atom stereocenters. The van der Waals surface area contributed by atoms with Crippen LogP contribution < -0.4 is 10.1 Å². The number of ether oxygens (including phenoxy) is 1. The average Bonchev–Trinajstić information content (AvgIpc) is 3.44. The highest BCUT2D eigenvalue weighted by Crippen LogP contribution is 2.40. The first-order chi connectivity index (χ1) is 16.4. The lowest BCUT2D eigenvalue weighted by atomic mass is 10.1. The minimum absolute atomic E-state index is 0.381. The minimum atomic E-state index is -0.856. The van der Waals surface area contributed by atoms with Gasteiger partial charge in [0.05, 0.1) is 47.9 Å². The maximum Gasteiger partial charge on any atom is 0.173 e. The maximum absolute atomic E-state index is 9.99. The molecule has 1 aliphatic rings. The molecule has 172 valence electrons. The number of rotatable bonds is 8. The van der Waals surface area contributed by atoms with Gasteiger partial charge in [-0.15, -0.1) is 0 Å². The second-order valence-corrected chi connectivity index (χ2v) is 9.09. The van der Waals surface area contributed by atoms with Gasteiger partial charge in [-0.2, -0.15) is 15.5 Å². The first kappa shape index (κ1) is 21.7. The standard InChI is InChI=1S/C25H25N7O2/c1-25(2,33)16-31-14-19(13-28-31)29-23-11-21(8-9-27-23)34-22-15-32(20-6-7-20)30-24(22)18-5-3-4-17(10-18)12-26/h3-5,8-11,13-15,20,33H,6-7,16H2,1-2H3,(H,27,29). The van der Waals surface area contributed by atoms with E-state index in [1.165, 1.54) is 0 Å². The minimum Gasteiger partial charge on any atom is -0.453 e. The van der Waals surface area contributed by atoms with Crippen molar-refractivity contribution in [3.8, 4) is 28.8 Å². The summed E-state index contributed by atoms with van der Waals surface area (Å²) in [5.74, 6) is 1.83. The van der Waals surface area contributed by atoms with Gasteiger partial charge in [0.25, 0.3) is 0 Å². The Labute approximate surface area is 197 Å². The van der Waals surface area contributed by atoms with Crippen molar-refractivity contribution in [2.45, 2.75) is 44.9 Å². The molecule has 4 aromatic rings. The molecular weight excluding hydrogens is 430 g/mol. The fraction of sp³-hybridized carbons (Fsp3) is 0.280. The van der Waals surface area contributed by atoms with E-state index in [1.807, 2.05) is 35.3 Å². The molecule has 0 radical (unpaired) electrons. The number of nitrogens with zero attached hydrogens (tertiary/aromatic N) is 6. The van der Waals surface area contributed by atoms with Gasteiger partial charge in [-0.25, -0.2) is 4.98 Å². The van der Waals surface area contributed by atoms with Crippen LogP contribution in [0.3, 0.4) is 0 Å². The largest absolute Gasteiger partial charge is 0.453 e. The molecule has 1 fully saturated rings. The number of hydrogen-bond acceptors (Lipinski definition) is 7. The van der Waals surface area contributed by atoms with E-state index in [0.717, 1.165) is 24.1 Å². The summed E-state index contributed by atoms with van der Waals surface area (Å²) in [6.45, 7) is 3.85. The molecule has 9 nitrogen and oxygen atoms in total.